The summed E-state index contributed by atoms with van der Waals surface area (Å²) < 4.78 is 0. The van der Waals surface area contributed by atoms with Crippen molar-refractivity contribution >= 4 is 12.3 Å². The van der Waals surface area contributed by atoms with Gasteiger partial charge in [0.25, 0.3) is 0 Å². The van der Waals surface area contributed by atoms with E-state index < -0.39 is 5.97 Å². The molecule has 3 nitrogen and oxygen atoms in total. The van der Waals surface area contributed by atoms with E-state index in [1.165, 1.54) is 0 Å². The van der Waals surface area contributed by atoms with Crippen LogP contribution in [0, 0.1) is 0 Å². The number of aliphatic carboxylic acids is 1. The van der Waals surface area contributed by atoms with Crippen molar-refractivity contribution in [3.05, 3.63) is 0 Å². The van der Waals surface area contributed by atoms with Gasteiger partial charge in [-0.3, -0.25) is 0 Å². The number of carboxylic acids is 1. The zero-order valence-corrected chi connectivity index (χ0v) is 3.72. The standard InChI is InChI=1S/C4H6O3/c5-3-1-2-4(6)7/h3H,1-2H2,(H,6,7)/p-1. The topological polar surface area (TPSA) is 57.2 Å². The van der Waals surface area contributed by atoms with Crippen LogP contribution in [-0.2, 0) is 9.59 Å². The summed E-state index contributed by atoms with van der Waals surface area (Å²) in [5.74, 6) is -1.17. The van der Waals surface area contributed by atoms with E-state index in [4.69, 9.17) is 0 Å². The molecule has 0 N–H and O–H groups in total. The second-order valence-corrected chi connectivity index (χ2v) is 1.08. The number of aldehydes is 1. The molecule has 0 aromatic carbocycles. The van der Waals surface area contributed by atoms with Gasteiger partial charge in [0.2, 0.25) is 0 Å². The van der Waals surface area contributed by atoms with Crippen LogP contribution >= 0.6 is 0 Å². The second-order valence-electron chi connectivity index (χ2n) is 1.08. The van der Waals surface area contributed by atoms with Gasteiger partial charge in [0, 0.05) is 12.4 Å². The van der Waals surface area contributed by atoms with Crippen LogP contribution in [-0.4, -0.2) is 12.3 Å². The average molecular weight is 101 g/mol. The van der Waals surface area contributed by atoms with Gasteiger partial charge in [-0.25, -0.2) is 0 Å². The van der Waals surface area contributed by atoms with E-state index in [1.807, 2.05) is 0 Å². The highest BCUT2D eigenvalue weighted by Gasteiger charge is 1.80. The van der Waals surface area contributed by atoms with Crippen LogP contribution in [0.2, 0.25) is 0 Å². The first-order chi connectivity index (χ1) is 3.27. The van der Waals surface area contributed by atoms with Crippen molar-refractivity contribution in [3.63, 3.8) is 0 Å². The molecule has 40 valence electrons. The van der Waals surface area contributed by atoms with E-state index in [1.54, 1.807) is 0 Å². The Morgan fingerprint density at radius 2 is 2.29 bits per heavy atom. The molecule has 0 saturated carbocycles. The fourth-order valence-electron chi connectivity index (χ4n) is 0.177. The predicted octanol–water partition coefficient (Wildman–Crippen LogP) is -1.28. The molecule has 0 saturated heterocycles. The molecule has 0 atom stereocenters. The van der Waals surface area contributed by atoms with Crippen LogP contribution in [0.5, 0.6) is 0 Å². The van der Waals surface area contributed by atoms with Gasteiger partial charge in [-0.1, -0.05) is 0 Å². The number of hydrogen-bond acceptors (Lipinski definition) is 3. The summed E-state index contributed by atoms with van der Waals surface area (Å²) in [5, 5.41) is 9.49. The first-order valence-electron chi connectivity index (χ1n) is 1.91. The van der Waals surface area contributed by atoms with Crippen molar-refractivity contribution in [3.8, 4) is 0 Å². The van der Waals surface area contributed by atoms with Crippen molar-refractivity contribution in [2.75, 3.05) is 0 Å². The number of carboxylic acid groups (broad SMARTS) is 1. The SMILES string of the molecule is O=CCCC(=O)[O-]. The minimum atomic E-state index is -1.17. The molecule has 0 unspecified atom stereocenters. The van der Waals surface area contributed by atoms with Crippen LogP contribution in [0.3, 0.4) is 0 Å². The molecule has 0 radical (unpaired) electrons. The summed E-state index contributed by atoms with van der Waals surface area (Å²) in [4.78, 5) is 18.9. The molecule has 0 aliphatic carbocycles. The summed E-state index contributed by atoms with van der Waals surface area (Å²) in [6.45, 7) is 0. The molecule has 0 amide bonds. The van der Waals surface area contributed by atoms with Crippen molar-refractivity contribution in [2.24, 2.45) is 0 Å². The summed E-state index contributed by atoms with van der Waals surface area (Å²) >= 11 is 0. The zero-order valence-electron chi connectivity index (χ0n) is 3.72. The maximum absolute atomic E-state index is 9.49. The molecule has 0 fully saturated rings. The maximum Gasteiger partial charge on any atom is 0.120 e. The van der Waals surface area contributed by atoms with Crippen LogP contribution in [0.1, 0.15) is 12.8 Å². The lowest BCUT2D eigenvalue weighted by Crippen LogP contribution is -2.21. The Morgan fingerprint density at radius 1 is 1.71 bits per heavy atom. The Morgan fingerprint density at radius 3 is 2.43 bits per heavy atom. The fraction of sp³-hybridized carbons (Fsp3) is 0.500. The molecule has 0 bridgehead atoms. The van der Waals surface area contributed by atoms with Crippen molar-refractivity contribution < 1.29 is 14.7 Å². The smallest absolute Gasteiger partial charge is 0.120 e. The van der Waals surface area contributed by atoms with E-state index in [-0.39, 0.29) is 12.8 Å². The Labute approximate surface area is 41.0 Å². The molecule has 0 rings (SSSR count). The van der Waals surface area contributed by atoms with Crippen LogP contribution in [0.25, 0.3) is 0 Å². The third-order valence-electron chi connectivity index (χ3n) is 0.466. The summed E-state index contributed by atoms with van der Waals surface area (Å²) in [5.41, 5.74) is 0. The van der Waals surface area contributed by atoms with E-state index in [0.29, 0.717) is 6.29 Å². The quantitative estimate of drug-likeness (QED) is 0.416. The average Bonchev–Trinajstić information content (AvgIpc) is 1.61. The number of carbonyl (C=O) groups excluding carboxylic acids is 2. The van der Waals surface area contributed by atoms with Gasteiger partial charge in [0.05, 0.1) is 0 Å². The van der Waals surface area contributed by atoms with E-state index in [9.17, 15) is 14.7 Å². The Kier molecular flexibility index (Phi) is 2.92. The van der Waals surface area contributed by atoms with Crippen molar-refractivity contribution in [1.29, 1.82) is 0 Å². The molecule has 0 aromatic rings. The lowest BCUT2D eigenvalue weighted by molar-refractivity contribution is -0.305. The van der Waals surface area contributed by atoms with Gasteiger partial charge in [0.1, 0.15) is 6.29 Å². The fourth-order valence-corrected chi connectivity index (χ4v) is 0.177. The lowest BCUT2D eigenvalue weighted by atomic mass is 10.3. The number of rotatable bonds is 3. The summed E-state index contributed by atoms with van der Waals surface area (Å²) in [6, 6.07) is 0. The molecule has 0 aliphatic rings. The summed E-state index contributed by atoms with van der Waals surface area (Å²) in [6.07, 6.45) is 0.446. The molecule has 0 spiro atoms. The van der Waals surface area contributed by atoms with E-state index in [2.05, 4.69) is 0 Å². The van der Waals surface area contributed by atoms with Crippen LogP contribution in [0.15, 0.2) is 0 Å². The minimum Gasteiger partial charge on any atom is -0.550 e. The van der Waals surface area contributed by atoms with Gasteiger partial charge in [-0.05, 0) is 6.42 Å². The molecular weight excluding hydrogens is 96.0 g/mol. The zero-order chi connectivity index (χ0) is 5.70. The van der Waals surface area contributed by atoms with Crippen LogP contribution in [0.4, 0.5) is 0 Å². The van der Waals surface area contributed by atoms with Gasteiger partial charge in [0.15, 0.2) is 0 Å². The predicted molar refractivity (Wildman–Crippen MR) is 20.3 cm³/mol. The second kappa shape index (κ2) is 3.33. The highest BCUT2D eigenvalue weighted by atomic mass is 16.4. The molecule has 0 heterocycles. The molecule has 0 aromatic heterocycles. The maximum atomic E-state index is 9.49. The number of carbonyl (C=O) groups is 2. The van der Waals surface area contributed by atoms with Crippen molar-refractivity contribution in [1.82, 2.24) is 0 Å². The highest BCUT2D eigenvalue weighted by molar-refractivity contribution is 5.68. The van der Waals surface area contributed by atoms with Gasteiger partial charge >= 0.3 is 0 Å². The van der Waals surface area contributed by atoms with Crippen molar-refractivity contribution in [2.45, 2.75) is 12.8 Å². The third kappa shape index (κ3) is 5.14. The van der Waals surface area contributed by atoms with E-state index in [0.717, 1.165) is 0 Å². The molecule has 7 heavy (non-hydrogen) atoms. The largest absolute Gasteiger partial charge is 0.550 e. The van der Waals surface area contributed by atoms with Gasteiger partial charge < -0.3 is 14.7 Å². The lowest BCUT2D eigenvalue weighted by Gasteiger charge is -1.91. The first kappa shape index (κ1) is 6.14. The highest BCUT2D eigenvalue weighted by Crippen LogP contribution is 1.77. The Hall–Kier alpha value is -0.860. The Balaban J connectivity index is 2.97. The molecular formula is C4H5O3-. The molecule has 0 aliphatic heterocycles. The minimum absolute atomic E-state index is 0.0579. The van der Waals surface area contributed by atoms with Gasteiger partial charge in [-0.15, -0.1) is 0 Å². The Bertz CT molecular complexity index is 77.0. The number of hydrogen-bond donors (Lipinski definition) is 0. The normalized spacial score (nSPS) is 8.00. The molecule has 3 heteroatoms. The monoisotopic (exact) mass is 101 g/mol. The van der Waals surface area contributed by atoms with Gasteiger partial charge in [-0.2, -0.15) is 0 Å². The van der Waals surface area contributed by atoms with Crippen LogP contribution < -0.4 is 5.11 Å². The third-order valence-corrected chi connectivity index (χ3v) is 0.466. The van der Waals surface area contributed by atoms with E-state index >= 15 is 0 Å². The summed E-state index contributed by atoms with van der Waals surface area (Å²) in [7, 11) is 0. The first-order valence-corrected chi connectivity index (χ1v) is 1.91.